The van der Waals surface area contributed by atoms with Crippen molar-refractivity contribution in [2.75, 3.05) is 5.32 Å². The van der Waals surface area contributed by atoms with Gasteiger partial charge >= 0.3 is 12.0 Å². The van der Waals surface area contributed by atoms with E-state index in [1.165, 1.54) is 12.1 Å². The number of aromatic nitrogens is 2. The molecule has 2 aromatic rings. The van der Waals surface area contributed by atoms with Gasteiger partial charge in [0, 0.05) is 19.3 Å². The quantitative estimate of drug-likeness (QED) is 0.763. The summed E-state index contributed by atoms with van der Waals surface area (Å²) >= 11 is 0. The zero-order valence-corrected chi connectivity index (χ0v) is 13.1. The van der Waals surface area contributed by atoms with Gasteiger partial charge in [0.25, 0.3) is 0 Å². The number of rotatable bonds is 6. The first-order valence-corrected chi connectivity index (χ1v) is 7.33. The Morgan fingerprint density at radius 2 is 1.96 bits per heavy atom. The highest BCUT2D eigenvalue weighted by molar-refractivity contribution is 5.89. The first kappa shape index (κ1) is 16.5. The number of aromatic carboxylic acids is 1. The lowest BCUT2D eigenvalue weighted by atomic mass is 10.1. The third-order valence-electron chi connectivity index (χ3n) is 3.10. The molecule has 7 heteroatoms. The van der Waals surface area contributed by atoms with E-state index in [0.717, 1.165) is 12.1 Å². The van der Waals surface area contributed by atoms with E-state index in [0.29, 0.717) is 18.2 Å². The van der Waals surface area contributed by atoms with Gasteiger partial charge in [-0.1, -0.05) is 26.0 Å². The van der Waals surface area contributed by atoms with E-state index in [9.17, 15) is 9.59 Å². The Balaban J connectivity index is 1.82. The Morgan fingerprint density at radius 3 is 2.57 bits per heavy atom. The van der Waals surface area contributed by atoms with Crippen LogP contribution in [0.4, 0.5) is 10.5 Å². The molecular formula is C16H20N4O3. The molecule has 122 valence electrons. The van der Waals surface area contributed by atoms with Crippen LogP contribution in [0.2, 0.25) is 0 Å². The fourth-order valence-corrected chi connectivity index (χ4v) is 2.02. The molecule has 7 nitrogen and oxygen atoms in total. The molecule has 0 fully saturated rings. The Labute approximate surface area is 134 Å². The number of carboxylic acids is 1. The van der Waals surface area contributed by atoms with E-state index in [1.807, 2.05) is 0 Å². The van der Waals surface area contributed by atoms with Crippen LogP contribution in [0, 0.1) is 5.92 Å². The van der Waals surface area contributed by atoms with E-state index in [2.05, 4.69) is 29.6 Å². The van der Waals surface area contributed by atoms with Crippen molar-refractivity contribution in [3.63, 3.8) is 0 Å². The van der Waals surface area contributed by atoms with Gasteiger partial charge in [-0.05, 0) is 23.6 Å². The lowest BCUT2D eigenvalue weighted by Gasteiger charge is -2.06. The summed E-state index contributed by atoms with van der Waals surface area (Å²) in [5, 5.41) is 18.4. The van der Waals surface area contributed by atoms with Crippen LogP contribution in [0.5, 0.6) is 0 Å². The van der Waals surface area contributed by atoms with Gasteiger partial charge in [-0.2, -0.15) is 5.10 Å². The highest BCUT2D eigenvalue weighted by Gasteiger charge is 2.06. The molecule has 2 rings (SSSR count). The molecule has 0 saturated heterocycles. The predicted octanol–water partition coefficient (Wildman–Crippen LogP) is 2.56. The minimum Gasteiger partial charge on any atom is -0.478 e. The summed E-state index contributed by atoms with van der Waals surface area (Å²) in [6.45, 7) is 5.29. The molecule has 0 atom stereocenters. The largest absolute Gasteiger partial charge is 0.478 e. The lowest BCUT2D eigenvalue weighted by molar-refractivity contribution is 0.0697. The normalized spacial score (nSPS) is 10.6. The van der Waals surface area contributed by atoms with Crippen molar-refractivity contribution in [1.82, 2.24) is 15.1 Å². The smallest absolute Gasteiger partial charge is 0.335 e. The first-order valence-electron chi connectivity index (χ1n) is 7.33. The van der Waals surface area contributed by atoms with Crippen molar-refractivity contribution in [2.24, 2.45) is 5.92 Å². The molecule has 1 aromatic carbocycles. The zero-order chi connectivity index (χ0) is 16.8. The summed E-state index contributed by atoms with van der Waals surface area (Å²) in [4.78, 5) is 22.6. The second-order valence-corrected chi connectivity index (χ2v) is 5.65. The zero-order valence-electron chi connectivity index (χ0n) is 13.1. The van der Waals surface area contributed by atoms with Crippen LogP contribution in [0.3, 0.4) is 0 Å². The lowest BCUT2D eigenvalue weighted by Crippen LogP contribution is -2.28. The minimum absolute atomic E-state index is 0.218. The van der Waals surface area contributed by atoms with Crippen molar-refractivity contribution in [1.29, 1.82) is 0 Å². The highest BCUT2D eigenvalue weighted by atomic mass is 16.4. The van der Waals surface area contributed by atoms with Gasteiger partial charge in [0.15, 0.2) is 0 Å². The van der Waals surface area contributed by atoms with Crippen LogP contribution < -0.4 is 10.6 Å². The van der Waals surface area contributed by atoms with Gasteiger partial charge in [0.05, 0.1) is 17.4 Å². The molecule has 0 unspecified atom stereocenters. The number of amides is 2. The van der Waals surface area contributed by atoms with Crippen molar-refractivity contribution in [3.05, 3.63) is 47.8 Å². The molecule has 0 aliphatic rings. The van der Waals surface area contributed by atoms with Crippen LogP contribution in [-0.2, 0) is 13.1 Å². The number of nitrogens with zero attached hydrogens (tertiary/aromatic N) is 2. The molecule has 0 aliphatic heterocycles. The predicted molar refractivity (Wildman–Crippen MR) is 86.3 cm³/mol. The van der Waals surface area contributed by atoms with Gasteiger partial charge in [0.2, 0.25) is 0 Å². The summed E-state index contributed by atoms with van der Waals surface area (Å²) in [6.07, 6.45) is 3.38. The van der Waals surface area contributed by atoms with Gasteiger partial charge in [-0.3, -0.25) is 4.68 Å². The fraction of sp³-hybridized carbons (Fsp3) is 0.312. The number of benzene rings is 1. The number of carboxylic acid groups (broad SMARTS) is 1. The van der Waals surface area contributed by atoms with Crippen molar-refractivity contribution in [3.8, 4) is 0 Å². The minimum atomic E-state index is -0.972. The van der Waals surface area contributed by atoms with E-state index in [1.54, 1.807) is 29.2 Å². The Bertz CT molecular complexity index is 677. The van der Waals surface area contributed by atoms with Gasteiger partial charge < -0.3 is 15.7 Å². The number of anilines is 1. The van der Waals surface area contributed by atoms with Gasteiger partial charge in [-0.25, -0.2) is 9.59 Å². The summed E-state index contributed by atoms with van der Waals surface area (Å²) < 4.78 is 1.78. The molecule has 0 aliphatic carbocycles. The summed E-state index contributed by atoms with van der Waals surface area (Å²) in [5.41, 5.74) is 1.67. The second kappa shape index (κ2) is 7.44. The Morgan fingerprint density at radius 1 is 1.26 bits per heavy atom. The van der Waals surface area contributed by atoms with Crippen LogP contribution in [-0.4, -0.2) is 26.9 Å². The average Bonchev–Trinajstić information content (AvgIpc) is 2.91. The molecule has 1 heterocycles. The van der Waals surface area contributed by atoms with Crippen molar-refractivity contribution < 1.29 is 14.7 Å². The molecule has 0 spiro atoms. The average molecular weight is 316 g/mol. The highest BCUT2D eigenvalue weighted by Crippen LogP contribution is 2.08. The Kier molecular flexibility index (Phi) is 5.35. The molecule has 0 radical (unpaired) electrons. The molecular weight excluding hydrogens is 296 g/mol. The molecule has 0 bridgehead atoms. The number of carbonyl (C=O) groups excluding carboxylic acids is 1. The summed E-state index contributed by atoms with van der Waals surface area (Å²) in [7, 11) is 0. The maximum atomic E-state index is 11.8. The van der Waals surface area contributed by atoms with Crippen molar-refractivity contribution >= 4 is 17.7 Å². The van der Waals surface area contributed by atoms with Gasteiger partial charge in [0.1, 0.15) is 0 Å². The molecule has 1 aromatic heterocycles. The molecule has 23 heavy (non-hydrogen) atoms. The topological polar surface area (TPSA) is 96.2 Å². The van der Waals surface area contributed by atoms with Crippen LogP contribution in [0.25, 0.3) is 0 Å². The third-order valence-corrected chi connectivity index (χ3v) is 3.10. The number of hydrogen-bond acceptors (Lipinski definition) is 3. The maximum absolute atomic E-state index is 11.8. The van der Waals surface area contributed by atoms with E-state index in [-0.39, 0.29) is 11.6 Å². The standard InChI is InChI=1S/C16H20N4O3/c1-11(2)9-20-10-14(8-18-20)19-16(23)17-7-12-3-5-13(6-4-12)15(21)22/h3-6,8,10-11H,7,9H2,1-2H3,(H,21,22)(H2,17,19,23). The second-order valence-electron chi connectivity index (χ2n) is 5.65. The van der Waals surface area contributed by atoms with E-state index < -0.39 is 5.97 Å². The fourth-order valence-electron chi connectivity index (χ4n) is 2.02. The molecule has 3 N–H and O–H groups in total. The molecule has 2 amide bonds. The van der Waals surface area contributed by atoms with Crippen LogP contribution in [0.15, 0.2) is 36.7 Å². The number of urea groups is 1. The van der Waals surface area contributed by atoms with Crippen LogP contribution in [0.1, 0.15) is 29.8 Å². The SMILES string of the molecule is CC(C)Cn1cc(NC(=O)NCc2ccc(C(=O)O)cc2)cn1. The monoisotopic (exact) mass is 316 g/mol. The number of nitrogens with one attached hydrogen (secondary N) is 2. The van der Waals surface area contributed by atoms with Crippen molar-refractivity contribution in [2.45, 2.75) is 26.9 Å². The maximum Gasteiger partial charge on any atom is 0.335 e. The Hall–Kier alpha value is -2.83. The first-order chi connectivity index (χ1) is 10.9. The summed E-state index contributed by atoms with van der Waals surface area (Å²) in [6, 6.07) is 6.02. The van der Waals surface area contributed by atoms with Crippen LogP contribution >= 0.6 is 0 Å². The number of carbonyl (C=O) groups is 2. The van der Waals surface area contributed by atoms with Gasteiger partial charge in [-0.15, -0.1) is 0 Å². The third kappa shape index (κ3) is 5.14. The van der Waals surface area contributed by atoms with E-state index in [4.69, 9.17) is 5.11 Å². The molecule has 0 saturated carbocycles. The van der Waals surface area contributed by atoms with E-state index >= 15 is 0 Å². The number of hydrogen-bond donors (Lipinski definition) is 3. The summed E-state index contributed by atoms with van der Waals surface area (Å²) in [5.74, 6) is -0.494.